The van der Waals surface area contributed by atoms with Crippen LogP contribution >= 0.6 is 7.60 Å². The number of hydrogen-bond donors (Lipinski definition) is 6. The quantitative estimate of drug-likeness (QED) is 0.0296. The van der Waals surface area contributed by atoms with Gasteiger partial charge in [-0.25, -0.2) is 4.79 Å². The first-order valence-electron chi connectivity index (χ1n) is 22.6. The van der Waals surface area contributed by atoms with Gasteiger partial charge in [0.1, 0.15) is 24.0 Å². The molecule has 0 spiro atoms. The van der Waals surface area contributed by atoms with Crippen LogP contribution in [-0.2, 0) is 39.5 Å². The van der Waals surface area contributed by atoms with E-state index in [0.29, 0.717) is 24.8 Å². The second-order valence-corrected chi connectivity index (χ2v) is 19.0. The molecule has 0 radical (unpaired) electrons. The number of benzene rings is 1. The number of aliphatic carboxylic acids is 1. The predicted molar refractivity (Wildman–Crippen MR) is 238 cm³/mol. The fourth-order valence-electron chi connectivity index (χ4n) is 7.18. The van der Waals surface area contributed by atoms with Gasteiger partial charge in [0, 0.05) is 13.0 Å². The Morgan fingerprint density at radius 1 is 0.750 bits per heavy atom. The first-order chi connectivity index (χ1) is 28.4. The molecule has 0 aliphatic carbocycles. The smallest absolute Gasteiger partial charge is 0.351 e. The summed E-state index contributed by atoms with van der Waals surface area (Å²) in [5.41, 5.74) is 12.3. The zero-order valence-corrected chi connectivity index (χ0v) is 38.6. The van der Waals surface area contributed by atoms with E-state index in [4.69, 9.17) is 16.0 Å². The summed E-state index contributed by atoms with van der Waals surface area (Å²) in [5.74, 6) is -7.39. The molecule has 8 N–H and O–H groups in total. The summed E-state index contributed by atoms with van der Waals surface area (Å²) in [6, 6.07) is 5.10. The van der Waals surface area contributed by atoms with Gasteiger partial charge in [0.15, 0.2) is 0 Å². The van der Waals surface area contributed by atoms with Crippen molar-refractivity contribution in [3.63, 3.8) is 0 Å². The molecule has 344 valence electrons. The van der Waals surface area contributed by atoms with E-state index >= 15 is 0 Å². The van der Waals surface area contributed by atoms with Crippen molar-refractivity contribution in [1.29, 1.82) is 0 Å². The number of carboxylic acids is 1. The van der Waals surface area contributed by atoms with Crippen LogP contribution < -0.4 is 22.1 Å². The Morgan fingerprint density at radius 3 is 1.70 bits per heavy atom. The average molecular weight is 866 g/mol. The number of carbonyl (C=O) groups excluding carboxylic acids is 4. The summed E-state index contributed by atoms with van der Waals surface area (Å²) in [6.07, 6.45) is 15.0. The highest BCUT2D eigenvalue weighted by Gasteiger charge is 2.43. The van der Waals surface area contributed by atoms with Gasteiger partial charge in [0.25, 0.3) is 5.91 Å². The maximum atomic E-state index is 14.6. The molecule has 1 aromatic carbocycles. The highest BCUT2D eigenvalue weighted by atomic mass is 31.2. The SMILES string of the molecule is CCCCCCCCCCCCCCCCN(C(=O)[C@@H](N)[C@@H](C)CC)[C@H](C(=O)NC(Cc1ccccc1)P(=O)(O)OC(C(=O)N[C@@H](CC(N)=O)C(=O)O)C(C)C)[C@@H](C)CC. The molecular formula is C45H80N5O9P. The van der Waals surface area contributed by atoms with Gasteiger partial charge >= 0.3 is 13.6 Å². The van der Waals surface area contributed by atoms with Crippen molar-refractivity contribution in [2.75, 3.05) is 6.54 Å². The molecule has 14 nitrogen and oxygen atoms in total. The van der Waals surface area contributed by atoms with Crippen molar-refractivity contribution >= 4 is 37.2 Å². The van der Waals surface area contributed by atoms with Crippen LogP contribution in [0.15, 0.2) is 30.3 Å². The van der Waals surface area contributed by atoms with Crippen LogP contribution in [0, 0.1) is 17.8 Å². The largest absolute Gasteiger partial charge is 0.480 e. The van der Waals surface area contributed by atoms with Crippen LogP contribution in [0.25, 0.3) is 0 Å². The zero-order valence-electron chi connectivity index (χ0n) is 37.7. The van der Waals surface area contributed by atoms with Gasteiger partial charge in [0.05, 0.1) is 12.5 Å². The van der Waals surface area contributed by atoms with E-state index in [2.05, 4.69) is 17.6 Å². The Hall–Kier alpha value is -3.32. The Labute approximate surface area is 360 Å². The van der Waals surface area contributed by atoms with Gasteiger partial charge in [-0.2, -0.15) is 0 Å². The fourth-order valence-corrected chi connectivity index (χ4v) is 8.72. The Balaban J connectivity index is 3.32. The van der Waals surface area contributed by atoms with E-state index in [1.54, 1.807) is 49.1 Å². The lowest BCUT2D eigenvalue weighted by Crippen LogP contribution is -2.59. The molecule has 0 aliphatic rings. The first kappa shape index (κ1) is 54.7. The van der Waals surface area contributed by atoms with Crippen molar-refractivity contribution in [3.8, 4) is 0 Å². The molecule has 3 unspecified atom stereocenters. The van der Waals surface area contributed by atoms with Gasteiger partial charge in [-0.15, -0.1) is 0 Å². The van der Waals surface area contributed by atoms with Crippen molar-refractivity contribution in [3.05, 3.63) is 35.9 Å². The number of hydrogen-bond acceptors (Lipinski definition) is 8. The van der Waals surface area contributed by atoms with Crippen molar-refractivity contribution in [2.24, 2.45) is 29.2 Å². The van der Waals surface area contributed by atoms with Gasteiger partial charge in [-0.1, -0.05) is 175 Å². The Kier molecular flexibility index (Phi) is 27.2. The predicted octanol–water partition coefficient (Wildman–Crippen LogP) is 7.44. The topological polar surface area (TPSA) is 231 Å². The number of nitrogens with one attached hydrogen (secondary N) is 2. The Bertz CT molecular complexity index is 1470. The summed E-state index contributed by atoms with van der Waals surface area (Å²) in [5, 5.41) is 14.5. The van der Waals surface area contributed by atoms with E-state index in [9.17, 15) is 38.5 Å². The Morgan fingerprint density at radius 2 is 1.25 bits per heavy atom. The number of unbranched alkanes of at least 4 members (excludes halogenated alkanes) is 13. The first-order valence-corrected chi connectivity index (χ1v) is 24.3. The van der Waals surface area contributed by atoms with Crippen LogP contribution in [0.2, 0.25) is 0 Å². The molecule has 0 bridgehead atoms. The molecule has 60 heavy (non-hydrogen) atoms. The van der Waals surface area contributed by atoms with Gasteiger partial charge in [-0.05, 0) is 29.7 Å². The third-order valence-electron chi connectivity index (χ3n) is 11.5. The lowest BCUT2D eigenvalue weighted by atomic mass is 9.93. The molecule has 0 aromatic heterocycles. The van der Waals surface area contributed by atoms with E-state index in [1.807, 2.05) is 27.7 Å². The number of primary amides is 1. The van der Waals surface area contributed by atoms with E-state index in [0.717, 1.165) is 25.7 Å². The number of rotatable bonds is 34. The molecule has 4 amide bonds. The summed E-state index contributed by atoms with van der Waals surface area (Å²) in [4.78, 5) is 78.6. The molecule has 1 aromatic rings. The van der Waals surface area contributed by atoms with Crippen LogP contribution in [0.1, 0.15) is 163 Å². The maximum absolute atomic E-state index is 14.6. The fraction of sp³-hybridized carbons (Fsp3) is 0.756. The molecule has 0 heterocycles. The molecule has 8 atom stereocenters. The highest BCUT2D eigenvalue weighted by molar-refractivity contribution is 7.53. The standard InChI is InChI=1S/C45H80N5O9P/c1-8-11-12-13-14-15-16-17-18-19-20-21-22-26-29-50(44(54)39(47)33(6)9-2)40(34(7)10-3)42(52)49-38(30-35-27-24-23-25-28-35)60(57,58)59-41(32(4)5)43(53)48-36(45(55)56)31-37(46)51/h23-25,27-28,32-34,36,38-41H,8-22,26,29-31,47H2,1-7H3,(H2,46,51)(H,48,53)(H,49,52)(H,55,56)(H,57,58)/t33-,34-,36-,38?,39-,40-,41?/m0/s1. The number of carbonyl (C=O) groups is 5. The van der Waals surface area contributed by atoms with Crippen molar-refractivity contribution in [1.82, 2.24) is 15.5 Å². The lowest BCUT2D eigenvalue weighted by molar-refractivity contribution is -0.145. The van der Waals surface area contributed by atoms with Crippen molar-refractivity contribution < 1.29 is 43.1 Å². The van der Waals surface area contributed by atoms with Gasteiger partial charge in [0.2, 0.25) is 17.7 Å². The molecular weight excluding hydrogens is 785 g/mol. The highest BCUT2D eigenvalue weighted by Crippen LogP contribution is 2.50. The number of nitrogens with two attached hydrogens (primary N) is 2. The molecule has 1 rings (SSSR count). The average Bonchev–Trinajstić information content (AvgIpc) is 3.20. The normalized spacial score (nSPS) is 16.1. The van der Waals surface area contributed by atoms with E-state index in [-0.39, 0.29) is 30.7 Å². The van der Waals surface area contributed by atoms with Crippen LogP contribution in [-0.4, -0.2) is 81.1 Å². The van der Waals surface area contributed by atoms with Crippen LogP contribution in [0.4, 0.5) is 0 Å². The zero-order chi connectivity index (χ0) is 45.3. The maximum Gasteiger partial charge on any atom is 0.351 e. The minimum Gasteiger partial charge on any atom is -0.480 e. The minimum atomic E-state index is -4.96. The number of amides is 4. The third kappa shape index (κ3) is 20.5. The van der Waals surface area contributed by atoms with Crippen LogP contribution in [0.3, 0.4) is 0 Å². The second-order valence-electron chi connectivity index (χ2n) is 17.0. The molecule has 0 saturated heterocycles. The molecule has 0 aliphatic heterocycles. The van der Waals surface area contributed by atoms with Gasteiger partial charge < -0.3 is 37.0 Å². The summed E-state index contributed by atoms with van der Waals surface area (Å²) >= 11 is 0. The number of nitrogens with zero attached hydrogens (tertiary/aromatic N) is 1. The molecule has 0 fully saturated rings. The summed E-state index contributed by atoms with van der Waals surface area (Å²) < 4.78 is 20.0. The van der Waals surface area contributed by atoms with E-state index in [1.165, 1.54) is 57.8 Å². The summed E-state index contributed by atoms with van der Waals surface area (Å²) in [6.45, 7) is 13.2. The monoisotopic (exact) mass is 866 g/mol. The molecule has 0 saturated carbocycles. The minimum absolute atomic E-state index is 0.156. The van der Waals surface area contributed by atoms with E-state index < -0.39 is 73.6 Å². The van der Waals surface area contributed by atoms with Gasteiger partial charge in [-0.3, -0.25) is 28.3 Å². The third-order valence-corrected chi connectivity index (χ3v) is 13.1. The lowest BCUT2D eigenvalue weighted by Gasteiger charge is -2.38. The van der Waals surface area contributed by atoms with Crippen molar-refractivity contribution in [2.45, 2.75) is 194 Å². The molecule has 15 heteroatoms. The van der Waals surface area contributed by atoms with Crippen LogP contribution in [0.5, 0.6) is 0 Å². The second kappa shape index (κ2) is 29.9. The summed E-state index contributed by atoms with van der Waals surface area (Å²) in [7, 11) is -4.96. The number of carboxylic acid groups (broad SMARTS) is 1.